The fourth-order valence-corrected chi connectivity index (χ4v) is 2.58. The summed E-state index contributed by atoms with van der Waals surface area (Å²) in [5.74, 6) is -1.97. The van der Waals surface area contributed by atoms with Crippen LogP contribution in [0.5, 0.6) is 0 Å². The van der Waals surface area contributed by atoms with E-state index in [2.05, 4.69) is 4.72 Å². The molecule has 17 heavy (non-hydrogen) atoms. The molecule has 0 bridgehead atoms. The van der Waals surface area contributed by atoms with Crippen molar-refractivity contribution in [3.8, 4) is 0 Å². The number of aryl methyl sites for hydroxylation is 1. The third-order valence-corrected chi connectivity index (χ3v) is 3.74. The summed E-state index contributed by atoms with van der Waals surface area (Å²) in [7, 11) is -4.09. The molecule has 0 unspecified atom stereocenters. The summed E-state index contributed by atoms with van der Waals surface area (Å²) < 4.78 is 51.8. The van der Waals surface area contributed by atoms with Gasteiger partial charge < -0.3 is 5.11 Å². The van der Waals surface area contributed by atoms with E-state index in [1.807, 2.05) is 0 Å². The van der Waals surface area contributed by atoms with E-state index in [9.17, 15) is 17.2 Å². The molecule has 1 aromatic rings. The van der Waals surface area contributed by atoms with Crippen LogP contribution < -0.4 is 4.72 Å². The Labute approximate surface area is 98.3 Å². The number of aliphatic hydroxyl groups is 1. The van der Waals surface area contributed by atoms with E-state index >= 15 is 0 Å². The first-order valence-electron chi connectivity index (χ1n) is 4.86. The van der Waals surface area contributed by atoms with Crippen molar-refractivity contribution in [1.29, 1.82) is 0 Å². The molecule has 0 aliphatic heterocycles. The molecule has 0 aliphatic carbocycles. The maximum absolute atomic E-state index is 13.4. The third-order valence-electron chi connectivity index (χ3n) is 2.13. The lowest BCUT2D eigenvalue weighted by Crippen LogP contribution is -2.35. The predicted octanol–water partition coefficient (Wildman–Crippen LogP) is 0.932. The van der Waals surface area contributed by atoms with Gasteiger partial charge >= 0.3 is 0 Å². The first-order valence-corrected chi connectivity index (χ1v) is 6.35. The van der Waals surface area contributed by atoms with E-state index in [4.69, 9.17) is 5.11 Å². The molecule has 96 valence electrons. The summed E-state index contributed by atoms with van der Waals surface area (Å²) in [6.07, 6.45) is 0. The van der Waals surface area contributed by atoms with Crippen molar-refractivity contribution in [2.24, 2.45) is 0 Å². The molecule has 1 rings (SSSR count). The van der Waals surface area contributed by atoms with Crippen LogP contribution in [0.2, 0.25) is 0 Å². The Morgan fingerprint density at radius 2 is 1.94 bits per heavy atom. The fourth-order valence-electron chi connectivity index (χ4n) is 1.20. The molecule has 0 aromatic heterocycles. The molecule has 0 saturated heterocycles. The van der Waals surface area contributed by atoms with Crippen LogP contribution in [-0.2, 0) is 10.0 Å². The van der Waals surface area contributed by atoms with Crippen LogP contribution >= 0.6 is 0 Å². The minimum atomic E-state index is -4.09. The number of nitrogens with one attached hydrogen (secondary N) is 1. The van der Waals surface area contributed by atoms with Gasteiger partial charge in [0.2, 0.25) is 10.0 Å². The van der Waals surface area contributed by atoms with E-state index < -0.39 is 39.2 Å². The van der Waals surface area contributed by atoms with E-state index in [-0.39, 0.29) is 5.56 Å². The number of rotatable bonds is 4. The number of benzene rings is 1. The second-order valence-corrected chi connectivity index (χ2v) is 5.42. The summed E-state index contributed by atoms with van der Waals surface area (Å²) in [6.45, 7) is 2.34. The van der Waals surface area contributed by atoms with Crippen LogP contribution in [0.3, 0.4) is 0 Å². The van der Waals surface area contributed by atoms with E-state index in [0.29, 0.717) is 6.07 Å². The zero-order valence-electron chi connectivity index (χ0n) is 9.37. The smallest absolute Gasteiger partial charge is 0.243 e. The van der Waals surface area contributed by atoms with Gasteiger partial charge in [-0.25, -0.2) is 21.9 Å². The van der Waals surface area contributed by atoms with Gasteiger partial charge in [-0.15, -0.1) is 0 Å². The summed E-state index contributed by atoms with van der Waals surface area (Å²) in [4.78, 5) is -0.628. The zero-order valence-corrected chi connectivity index (χ0v) is 10.2. The van der Waals surface area contributed by atoms with E-state index in [1.54, 1.807) is 0 Å². The Bertz CT molecular complexity index is 517. The van der Waals surface area contributed by atoms with Crippen molar-refractivity contribution in [2.75, 3.05) is 6.61 Å². The van der Waals surface area contributed by atoms with E-state index in [1.165, 1.54) is 13.8 Å². The highest BCUT2D eigenvalue weighted by Crippen LogP contribution is 2.19. The third kappa shape index (κ3) is 3.21. The van der Waals surface area contributed by atoms with Crippen molar-refractivity contribution >= 4 is 10.0 Å². The van der Waals surface area contributed by atoms with Crippen LogP contribution in [0.25, 0.3) is 0 Å². The van der Waals surface area contributed by atoms with Gasteiger partial charge in [-0.05, 0) is 25.5 Å². The van der Waals surface area contributed by atoms with Crippen LogP contribution in [0.15, 0.2) is 17.0 Å². The molecule has 1 aromatic carbocycles. The summed E-state index contributed by atoms with van der Waals surface area (Å²) in [5.41, 5.74) is 0.0310. The Hall–Kier alpha value is -1.05. The van der Waals surface area contributed by atoms with Crippen LogP contribution in [0.1, 0.15) is 12.5 Å². The molecule has 7 heteroatoms. The number of halogens is 2. The maximum atomic E-state index is 13.4. The fraction of sp³-hybridized carbons (Fsp3) is 0.400. The highest BCUT2D eigenvalue weighted by atomic mass is 32.2. The minimum absolute atomic E-state index is 0.0310. The predicted molar refractivity (Wildman–Crippen MR) is 58.0 cm³/mol. The van der Waals surface area contributed by atoms with Gasteiger partial charge in [0, 0.05) is 12.1 Å². The largest absolute Gasteiger partial charge is 0.395 e. The van der Waals surface area contributed by atoms with Crippen molar-refractivity contribution < 1.29 is 22.3 Å². The Balaban J connectivity index is 3.20. The first kappa shape index (κ1) is 14.0. The SMILES string of the molecule is Cc1cc(S(=O)(=O)N[C@H](C)CO)c(F)cc1F. The average molecular weight is 265 g/mol. The Morgan fingerprint density at radius 1 is 1.35 bits per heavy atom. The molecule has 2 N–H and O–H groups in total. The van der Waals surface area contributed by atoms with Crippen molar-refractivity contribution in [2.45, 2.75) is 24.8 Å². The highest BCUT2D eigenvalue weighted by molar-refractivity contribution is 7.89. The highest BCUT2D eigenvalue weighted by Gasteiger charge is 2.22. The van der Waals surface area contributed by atoms with Crippen LogP contribution in [0.4, 0.5) is 8.78 Å². The monoisotopic (exact) mass is 265 g/mol. The number of hydrogen-bond acceptors (Lipinski definition) is 3. The Kier molecular flexibility index (Phi) is 4.18. The van der Waals surface area contributed by atoms with Gasteiger partial charge in [0.15, 0.2) is 0 Å². The van der Waals surface area contributed by atoms with Gasteiger partial charge in [-0.2, -0.15) is 0 Å². The molecule has 0 saturated carbocycles. The normalized spacial score (nSPS) is 13.7. The van der Waals surface area contributed by atoms with Crippen molar-refractivity contribution in [3.05, 3.63) is 29.3 Å². The van der Waals surface area contributed by atoms with E-state index in [0.717, 1.165) is 6.07 Å². The molecule has 0 radical (unpaired) electrons. The number of aliphatic hydroxyl groups excluding tert-OH is 1. The molecular formula is C10H13F2NO3S. The number of sulfonamides is 1. The molecule has 4 nitrogen and oxygen atoms in total. The molecular weight excluding hydrogens is 252 g/mol. The summed E-state index contributed by atoms with van der Waals surface area (Å²) in [6, 6.07) is 0.690. The second-order valence-electron chi connectivity index (χ2n) is 3.74. The lowest BCUT2D eigenvalue weighted by molar-refractivity contribution is 0.265. The molecule has 0 heterocycles. The maximum Gasteiger partial charge on any atom is 0.243 e. The van der Waals surface area contributed by atoms with Gasteiger partial charge in [0.1, 0.15) is 16.5 Å². The minimum Gasteiger partial charge on any atom is -0.395 e. The molecule has 0 fully saturated rings. The van der Waals surface area contributed by atoms with Gasteiger partial charge in [-0.3, -0.25) is 0 Å². The topological polar surface area (TPSA) is 66.4 Å². The van der Waals surface area contributed by atoms with Gasteiger partial charge in [0.05, 0.1) is 6.61 Å². The zero-order chi connectivity index (χ0) is 13.2. The lowest BCUT2D eigenvalue weighted by atomic mass is 10.2. The first-order chi connectivity index (χ1) is 7.77. The molecule has 0 spiro atoms. The summed E-state index contributed by atoms with van der Waals surface area (Å²) >= 11 is 0. The Morgan fingerprint density at radius 3 is 2.47 bits per heavy atom. The average Bonchev–Trinajstić information content (AvgIpc) is 2.22. The molecule has 0 aliphatic rings. The summed E-state index contributed by atoms with van der Waals surface area (Å²) in [5, 5.41) is 8.73. The lowest BCUT2D eigenvalue weighted by Gasteiger charge is -2.12. The quantitative estimate of drug-likeness (QED) is 0.851. The number of hydrogen-bond donors (Lipinski definition) is 2. The van der Waals surface area contributed by atoms with Crippen molar-refractivity contribution in [1.82, 2.24) is 4.72 Å². The van der Waals surface area contributed by atoms with Gasteiger partial charge in [-0.1, -0.05) is 0 Å². The van der Waals surface area contributed by atoms with Crippen LogP contribution in [0, 0.1) is 18.6 Å². The van der Waals surface area contributed by atoms with Crippen molar-refractivity contribution in [3.63, 3.8) is 0 Å². The standard InChI is InChI=1S/C10H13F2NO3S/c1-6-3-10(9(12)4-8(6)11)17(15,16)13-7(2)5-14/h3-4,7,13-14H,5H2,1-2H3/t7-/m1/s1. The molecule has 0 amide bonds. The second kappa shape index (κ2) is 5.07. The molecule has 1 atom stereocenters. The van der Waals surface area contributed by atoms with Crippen LogP contribution in [-0.4, -0.2) is 26.2 Å². The van der Waals surface area contributed by atoms with Gasteiger partial charge in [0.25, 0.3) is 0 Å².